The first-order valence-electron chi connectivity index (χ1n) is 4.13. The van der Waals surface area contributed by atoms with Crippen LogP contribution in [0, 0.1) is 0 Å². The normalized spacial score (nSPS) is 12.4. The van der Waals surface area contributed by atoms with E-state index in [0.717, 1.165) is 20.5 Å². The summed E-state index contributed by atoms with van der Waals surface area (Å²) in [6.45, 7) is 0. The van der Waals surface area contributed by atoms with Crippen LogP contribution in [0.1, 0.15) is 5.56 Å². The zero-order valence-corrected chi connectivity index (χ0v) is 8.68. The van der Waals surface area contributed by atoms with E-state index < -0.39 is 29.4 Å². The molecule has 4 nitrogen and oxygen atoms in total. The van der Waals surface area contributed by atoms with Crippen LogP contribution in [0.5, 0.6) is 11.8 Å². The molecule has 0 saturated carbocycles. The fourth-order valence-corrected chi connectivity index (χ4v) is 1.07. The molecule has 1 heterocycles. The Bertz CT molecular complexity index is 385. The molecule has 0 atom stereocenters. The predicted molar refractivity (Wildman–Crippen MR) is 45.1 cm³/mol. The zero-order valence-electron chi connectivity index (χ0n) is 8.68. The molecule has 0 aliphatic carbocycles. The van der Waals surface area contributed by atoms with Crippen LogP contribution in [-0.4, -0.2) is 30.4 Å². The minimum Gasteiger partial charge on any atom is -0.480 e. The van der Waals surface area contributed by atoms with Gasteiger partial charge in [0.2, 0.25) is 11.8 Å². The van der Waals surface area contributed by atoms with Crippen molar-refractivity contribution in [3.8, 4) is 11.8 Å². The number of ether oxygens (including phenoxy) is 2. The Kier molecular flexibility index (Phi) is 3.39. The maximum atomic E-state index is 13.2. The second-order valence-electron chi connectivity index (χ2n) is 2.84. The van der Waals surface area contributed by atoms with Gasteiger partial charge in [-0.1, -0.05) is 0 Å². The third kappa shape index (κ3) is 2.22. The van der Waals surface area contributed by atoms with Gasteiger partial charge in [0, 0.05) is 0 Å². The van der Waals surface area contributed by atoms with Crippen LogP contribution >= 0.6 is 0 Å². The number of nitrogens with zero attached hydrogens (tertiary/aromatic N) is 2. The molecule has 1 aromatic heterocycles. The minimum absolute atomic E-state index is 0.758. The molecule has 1 aromatic rings. The molecule has 9 heteroatoms. The van der Waals surface area contributed by atoms with Crippen LogP contribution in [0.4, 0.5) is 22.0 Å². The molecule has 0 fully saturated rings. The van der Waals surface area contributed by atoms with E-state index in [1.165, 1.54) is 0 Å². The van der Waals surface area contributed by atoms with Gasteiger partial charge in [-0.15, -0.1) is 0 Å². The van der Waals surface area contributed by atoms with Gasteiger partial charge in [0.1, 0.15) is 6.33 Å². The molecule has 1 rings (SSSR count). The monoisotopic (exact) mass is 258 g/mol. The Morgan fingerprint density at radius 3 is 1.65 bits per heavy atom. The highest BCUT2D eigenvalue weighted by Crippen LogP contribution is 2.49. The van der Waals surface area contributed by atoms with Crippen molar-refractivity contribution in [3.05, 3.63) is 11.9 Å². The molecule has 0 aliphatic heterocycles. The lowest BCUT2D eigenvalue weighted by Crippen LogP contribution is -2.34. The van der Waals surface area contributed by atoms with Crippen molar-refractivity contribution in [2.45, 2.75) is 12.1 Å². The number of aromatic nitrogens is 2. The zero-order chi connectivity index (χ0) is 13.3. The molecular formula is C8H7F5N2O2. The minimum atomic E-state index is -5.79. The Morgan fingerprint density at radius 2 is 1.35 bits per heavy atom. The summed E-state index contributed by atoms with van der Waals surface area (Å²) in [5, 5.41) is 0. The fourth-order valence-electron chi connectivity index (χ4n) is 1.07. The summed E-state index contributed by atoms with van der Waals surface area (Å²) in [5.74, 6) is -6.94. The number of hydrogen-bond acceptors (Lipinski definition) is 4. The van der Waals surface area contributed by atoms with Gasteiger partial charge in [0.15, 0.2) is 5.56 Å². The van der Waals surface area contributed by atoms with Gasteiger partial charge in [-0.3, -0.25) is 0 Å². The van der Waals surface area contributed by atoms with E-state index in [2.05, 4.69) is 19.4 Å². The lowest BCUT2D eigenvalue weighted by molar-refractivity contribution is -0.290. The highest BCUT2D eigenvalue weighted by Gasteiger charge is 2.62. The van der Waals surface area contributed by atoms with Crippen molar-refractivity contribution in [3.63, 3.8) is 0 Å². The van der Waals surface area contributed by atoms with Crippen molar-refractivity contribution in [1.82, 2.24) is 9.97 Å². The fraction of sp³-hybridized carbons (Fsp3) is 0.500. The molecule has 0 spiro atoms. The van der Waals surface area contributed by atoms with E-state index in [9.17, 15) is 22.0 Å². The second-order valence-corrected chi connectivity index (χ2v) is 2.84. The Balaban J connectivity index is 3.47. The highest BCUT2D eigenvalue weighted by molar-refractivity contribution is 5.39. The Hall–Kier alpha value is -1.67. The highest BCUT2D eigenvalue weighted by atomic mass is 19.4. The van der Waals surface area contributed by atoms with Crippen LogP contribution in [0.3, 0.4) is 0 Å². The summed E-state index contributed by atoms with van der Waals surface area (Å²) in [4.78, 5) is 6.38. The number of rotatable bonds is 3. The van der Waals surface area contributed by atoms with E-state index in [1.807, 2.05) is 0 Å². The summed E-state index contributed by atoms with van der Waals surface area (Å²) in [7, 11) is 1.83. The molecule has 0 aromatic carbocycles. The van der Waals surface area contributed by atoms with Crippen molar-refractivity contribution in [1.29, 1.82) is 0 Å². The van der Waals surface area contributed by atoms with Gasteiger partial charge in [-0.05, 0) is 0 Å². The van der Waals surface area contributed by atoms with Gasteiger partial charge in [-0.2, -0.15) is 22.0 Å². The van der Waals surface area contributed by atoms with E-state index in [-0.39, 0.29) is 0 Å². The molecule has 0 aliphatic rings. The van der Waals surface area contributed by atoms with Gasteiger partial charge < -0.3 is 9.47 Å². The molecule has 0 amide bonds. The molecule has 0 saturated heterocycles. The maximum Gasteiger partial charge on any atom is 0.458 e. The molecule has 96 valence electrons. The van der Waals surface area contributed by atoms with Crippen molar-refractivity contribution >= 4 is 0 Å². The van der Waals surface area contributed by atoms with Gasteiger partial charge in [-0.25, -0.2) is 9.97 Å². The van der Waals surface area contributed by atoms with E-state index in [0.29, 0.717) is 0 Å². The molecule has 0 radical (unpaired) electrons. The Morgan fingerprint density at radius 1 is 0.941 bits per heavy atom. The van der Waals surface area contributed by atoms with Gasteiger partial charge in [0.05, 0.1) is 14.2 Å². The number of alkyl halides is 5. The molecule has 0 N–H and O–H groups in total. The standard InChI is InChI=1S/C8H7F5N2O2/c1-16-5-4(6(17-2)15-3-14-5)7(9,10)8(11,12)13/h3H,1-2H3. The smallest absolute Gasteiger partial charge is 0.458 e. The predicted octanol–water partition coefficient (Wildman–Crippen LogP) is 2.15. The summed E-state index contributed by atoms with van der Waals surface area (Å²) in [6.07, 6.45) is -5.04. The SMILES string of the molecule is COc1ncnc(OC)c1C(F)(F)C(F)(F)F. The first-order valence-corrected chi connectivity index (χ1v) is 4.13. The van der Waals surface area contributed by atoms with E-state index >= 15 is 0 Å². The van der Waals surface area contributed by atoms with Gasteiger partial charge >= 0.3 is 12.1 Å². The largest absolute Gasteiger partial charge is 0.480 e. The first-order chi connectivity index (χ1) is 7.75. The maximum absolute atomic E-state index is 13.2. The van der Waals surface area contributed by atoms with Crippen LogP contribution in [0.25, 0.3) is 0 Å². The summed E-state index contributed by atoms with van der Waals surface area (Å²) >= 11 is 0. The third-order valence-corrected chi connectivity index (χ3v) is 1.83. The number of methoxy groups -OCH3 is 2. The van der Waals surface area contributed by atoms with Crippen LogP contribution in [0.15, 0.2) is 6.33 Å². The van der Waals surface area contributed by atoms with Crippen molar-refractivity contribution in [2.75, 3.05) is 14.2 Å². The van der Waals surface area contributed by atoms with Crippen LogP contribution in [0.2, 0.25) is 0 Å². The number of halogens is 5. The summed E-state index contributed by atoms with van der Waals surface area (Å²) in [6, 6.07) is 0. The quantitative estimate of drug-likeness (QED) is 0.779. The molecule has 17 heavy (non-hydrogen) atoms. The molecule has 0 bridgehead atoms. The lowest BCUT2D eigenvalue weighted by atomic mass is 10.1. The van der Waals surface area contributed by atoms with Crippen LogP contribution < -0.4 is 9.47 Å². The van der Waals surface area contributed by atoms with Crippen LogP contribution in [-0.2, 0) is 5.92 Å². The van der Waals surface area contributed by atoms with Crippen molar-refractivity contribution in [2.24, 2.45) is 0 Å². The average Bonchev–Trinajstić information content (AvgIpc) is 2.26. The lowest BCUT2D eigenvalue weighted by Gasteiger charge is -2.22. The summed E-state index contributed by atoms with van der Waals surface area (Å²) in [5.41, 5.74) is -1.54. The van der Waals surface area contributed by atoms with Gasteiger partial charge in [0.25, 0.3) is 0 Å². The van der Waals surface area contributed by atoms with E-state index in [1.54, 1.807) is 0 Å². The van der Waals surface area contributed by atoms with E-state index in [4.69, 9.17) is 0 Å². The first kappa shape index (κ1) is 13.4. The second kappa shape index (κ2) is 4.30. The topological polar surface area (TPSA) is 44.2 Å². The third-order valence-electron chi connectivity index (χ3n) is 1.83. The van der Waals surface area contributed by atoms with Crippen molar-refractivity contribution < 1.29 is 31.4 Å². The number of hydrogen-bond donors (Lipinski definition) is 0. The molecular weight excluding hydrogens is 251 g/mol. The molecule has 0 unspecified atom stereocenters. The Labute approximate surface area is 92.4 Å². The average molecular weight is 258 g/mol. The summed E-state index contributed by atoms with van der Waals surface area (Å²) < 4.78 is 71.8.